The molecule has 2 atom stereocenters. The number of Topliss-reactive ketones (excluding diaryl/α,β-unsaturated/α-hetero) is 1. The van der Waals surface area contributed by atoms with E-state index in [1.54, 1.807) is 7.11 Å². The first-order valence-electron chi connectivity index (χ1n) is 9.75. The zero-order valence-corrected chi connectivity index (χ0v) is 16.5. The average molecular weight is 424 g/mol. The summed E-state index contributed by atoms with van der Waals surface area (Å²) in [4.78, 5) is 13.3. The number of benzene rings is 2. The second-order valence-corrected chi connectivity index (χ2v) is 7.50. The first kappa shape index (κ1) is 19.2. The molecule has 0 saturated heterocycles. The number of aromatic nitrogens is 2. The van der Waals surface area contributed by atoms with Gasteiger partial charge in [-0.25, -0.2) is 13.4 Å². The predicted molar refractivity (Wildman–Crippen MR) is 108 cm³/mol. The van der Waals surface area contributed by atoms with Crippen LogP contribution in [0.1, 0.15) is 35.9 Å². The first-order chi connectivity index (χ1) is 15.0. The number of methoxy groups -OCH3 is 1. The van der Waals surface area contributed by atoms with Crippen LogP contribution < -0.4 is 15.4 Å². The molecule has 9 heteroatoms. The van der Waals surface area contributed by atoms with E-state index in [0.29, 0.717) is 17.7 Å². The molecule has 2 aliphatic rings. The molecule has 31 heavy (non-hydrogen) atoms. The quantitative estimate of drug-likeness (QED) is 0.647. The Morgan fingerprint density at radius 3 is 2.61 bits per heavy atom. The lowest BCUT2D eigenvalue weighted by atomic mass is 9.78. The Morgan fingerprint density at radius 1 is 1.06 bits per heavy atom. The van der Waals surface area contributed by atoms with E-state index in [9.17, 15) is 13.6 Å². The molecular formula is C22H18F2N4O3. The monoisotopic (exact) mass is 424 g/mol. The molecule has 0 radical (unpaired) electrons. The maximum Gasteiger partial charge on any atom is 0.219 e. The van der Waals surface area contributed by atoms with E-state index in [1.165, 1.54) is 12.1 Å². The maximum absolute atomic E-state index is 14.7. The Hall–Kier alpha value is -3.75. The molecule has 0 saturated carbocycles. The number of hydrogen-bond acceptors (Lipinski definition) is 7. The lowest BCUT2D eigenvalue weighted by Crippen LogP contribution is -2.27. The zero-order valence-electron chi connectivity index (χ0n) is 16.5. The highest BCUT2D eigenvalue weighted by atomic mass is 19.2. The largest absolute Gasteiger partial charge is 0.497 e. The van der Waals surface area contributed by atoms with E-state index >= 15 is 0 Å². The summed E-state index contributed by atoms with van der Waals surface area (Å²) in [6, 6.07) is 10.5. The van der Waals surface area contributed by atoms with Gasteiger partial charge in [0.2, 0.25) is 11.6 Å². The van der Waals surface area contributed by atoms with Crippen molar-refractivity contribution in [3.63, 3.8) is 0 Å². The van der Waals surface area contributed by atoms with Crippen molar-refractivity contribution in [2.24, 2.45) is 0 Å². The van der Waals surface area contributed by atoms with Gasteiger partial charge < -0.3 is 15.4 Å². The molecule has 0 spiro atoms. The fraction of sp³-hybridized carbons (Fsp3) is 0.227. The van der Waals surface area contributed by atoms with Gasteiger partial charge in [-0.15, -0.1) is 0 Å². The molecule has 2 heterocycles. The minimum atomic E-state index is -1.02. The minimum Gasteiger partial charge on any atom is -0.497 e. The fourth-order valence-electron chi connectivity index (χ4n) is 4.19. The summed E-state index contributed by atoms with van der Waals surface area (Å²) in [5.41, 5.74) is 1.91. The van der Waals surface area contributed by atoms with Crippen LogP contribution in [0.2, 0.25) is 0 Å². The lowest BCUT2D eigenvalue weighted by Gasteiger charge is -2.29. The predicted octanol–water partition coefficient (Wildman–Crippen LogP) is 4.34. The summed E-state index contributed by atoms with van der Waals surface area (Å²) < 4.78 is 38.6. The van der Waals surface area contributed by atoms with Crippen LogP contribution in [0.4, 0.5) is 20.4 Å². The average Bonchev–Trinajstić information content (AvgIpc) is 3.14. The van der Waals surface area contributed by atoms with Gasteiger partial charge in [-0.3, -0.25) is 4.79 Å². The molecule has 1 aliphatic heterocycles. The number of nitrogens with one attached hydrogen (secondary N) is 2. The maximum atomic E-state index is 14.7. The van der Waals surface area contributed by atoms with Crippen molar-refractivity contribution < 1.29 is 22.9 Å². The lowest BCUT2D eigenvalue weighted by molar-refractivity contribution is -0.116. The molecular weight excluding hydrogens is 406 g/mol. The summed E-state index contributed by atoms with van der Waals surface area (Å²) in [5, 5.41) is 13.7. The Labute approximate surface area is 176 Å². The molecule has 1 aromatic heterocycles. The third-order valence-electron chi connectivity index (χ3n) is 5.72. The molecule has 2 N–H and O–H groups in total. The topological polar surface area (TPSA) is 89.3 Å². The summed E-state index contributed by atoms with van der Waals surface area (Å²) in [7, 11) is 1.59. The number of fused-ring (bicyclic) bond motifs is 1. The molecule has 0 fully saturated rings. The van der Waals surface area contributed by atoms with Gasteiger partial charge in [-0.2, -0.15) is 0 Å². The molecule has 0 amide bonds. The van der Waals surface area contributed by atoms with Crippen molar-refractivity contribution >= 4 is 17.4 Å². The summed E-state index contributed by atoms with van der Waals surface area (Å²) >= 11 is 0. The van der Waals surface area contributed by atoms with Crippen molar-refractivity contribution in [3.8, 4) is 5.75 Å². The van der Waals surface area contributed by atoms with E-state index in [1.807, 2.05) is 24.3 Å². The standard InChI is InChI=1S/C22H18F2N4O3/c1-30-13-7-5-11(6-8-13)12-9-16-18(17(29)10-12)20(14-3-2-4-15(23)19(14)24)26-22-21(25-16)27-31-28-22/h2-8,12,20H,9-10H2,1H3,(H,25,27)(H,26,28). The highest BCUT2D eigenvalue weighted by Gasteiger charge is 2.38. The first-order valence-corrected chi connectivity index (χ1v) is 9.75. The highest BCUT2D eigenvalue weighted by Crippen LogP contribution is 2.44. The van der Waals surface area contributed by atoms with Gasteiger partial charge >= 0.3 is 0 Å². The molecule has 1 aliphatic carbocycles. The SMILES string of the molecule is COc1ccc(C2CC(=O)C3=C(C2)Nc2nonc2NC3c2cccc(F)c2F)cc1. The molecule has 5 rings (SSSR count). The van der Waals surface area contributed by atoms with E-state index in [4.69, 9.17) is 9.37 Å². The Bertz CT molecular complexity index is 1190. The molecule has 3 aromatic rings. The van der Waals surface area contributed by atoms with Crippen molar-refractivity contribution in [1.29, 1.82) is 0 Å². The summed E-state index contributed by atoms with van der Waals surface area (Å²) in [5.74, 6) is -1.04. The molecule has 2 aromatic carbocycles. The number of rotatable bonds is 3. The van der Waals surface area contributed by atoms with Gasteiger partial charge in [-0.05, 0) is 46.4 Å². The fourth-order valence-corrected chi connectivity index (χ4v) is 4.19. The van der Waals surface area contributed by atoms with Crippen LogP contribution in [-0.2, 0) is 4.79 Å². The number of ketones is 1. The third kappa shape index (κ3) is 3.31. The van der Waals surface area contributed by atoms with Crippen molar-refractivity contribution in [2.75, 3.05) is 17.7 Å². The number of nitrogens with zero attached hydrogens (tertiary/aromatic N) is 2. The highest BCUT2D eigenvalue weighted by molar-refractivity contribution is 6.00. The van der Waals surface area contributed by atoms with Crippen molar-refractivity contribution in [1.82, 2.24) is 10.3 Å². The van der Waals surface area contributed by atoms with Gasteiger partial charge in [0.25, 0.3) is 0 Å². The summed E-state index contributed by atoms with van der Waals surface area (Å²) in [6.07, 6.45) is 0.715. The van der Waals surface area contributed by atoms with E-state index in [-0.39, 0.29) is 35.3 Å². The van der Waals surface area contributed by atoms with Gasteiger partial charge in [0.15, 0.2) is 17.4 Å². The van der Waals surface area contributed by atoms with Gasteiger partial charge in [-0.1, -0.05) is 24.3 Å². The third-order valence-corrected chi connectivity index (χ3v) is 5.72. The number of anilines is 2. The van der Waals surface area contributed by atoms with E-state index in [0.717, 1.165) is 17.4 Å². The smallest absolute Gasteiger partial charge is 0.219 e. The molecule has 2 unspecified atom stereocenters. The Morgan fingerprint density at radius 2 is 1.84 bits per heavy atom. The van der Waals surface area contributed by atoms with Crippen LogP contribution in [0.5, 0.6) is 5.75 Å². The number of allylic oxidation sites excluding steroid dienone is 1. The second kappa shape index (κ2) is 7.50. The van der Waals surface area contributed by atoms with Crippen LogP contribution in [0.15, 0.2) is 58.4 Å². The minimum absolute atomic E-state index is 0.0152. The van der Waals surface area contributed by atoms with Crippen LogP contribution in [0.3, 0.4) is 0 Å². The summed E-state index contributed by atoms with van der Waals surface area (Å²) in [6.45, 7) is 0. The Kier molecular flexibility index (Phi) is 4.65. The number of carbonyl (C=O) groups is 1. The number of hydrogen-bond donors (Lipinski definition) is 2. The van der Waals surface area contributed by atoms with Crippen molar-refractivity contribution in [3.05, 3.63) is 76.5 Å². The van der Waals surface area contributed by atoms with Crippen LogP contribution in [0, 0.1) is 11.6 Å². The molecule has 7 nitrogen and oxygen atoms in total. The van der Waals surface area contributed by atoms with Crippen LogP contribution in [0.25, 0.3) is 0 Å². The molecule has 0 bridgehead atoms. The van der Waals surface area contributed by atoms with Gasteiger partial charge in [0, 0.05) is 23.3 Å². The number of ether oxygens (including phenoxy) is 1. The number of carbonyl (C=O) groups excluding carboxylic acids is 1. The van der Waals surface area contributed by atoms with Crippen LogP contribution in [-0.4, -0.2) is 23.2 Å². The van der Waals surface area contributed by atoms with Gasteiger partial charge in [0.1, 0.15) is 5.75 Å². The molecule has 158 valence electrons. The Balaban J connectivity index is 1.59. The van der Waals surface area contributed by atoms with E-state index < -0.39 is 17.7 Å². The van der Waals surface area contributed by atoms with Crippen molar-refractivity contribution in [2.45, 2.75) is 24.8 Å². The second-order valence-electron chi connectivity index (χ2n) is 7.50. The van der Waals surface area contributed by atoms with Crippen LogP contribution >= 0.6 is 0 Å². The number of halogens is 2. The normalized spacial score (nSPS) is 20.3. The van der Waals surface area contributed by atoms with E-state index in [2.05, 4.69) is 20.9 Å². The van der Waals surface area contributed by atoms with Gasteiger partial charge in [0.05, 0.1) is 13.2 Å². The zero-order chi connectivity index (χ0) is 21.5.